The Labute approximate surface area is 191 Å². The van der Waals surface area contributed by atoms with Crippen molar-refractivity contribution in [2.45, 2.75) is 6.92 Å². The number of amides is 2. The van der Waals surface area contributed by atoms with E-state index in [0.717, 1.165) is 16.8 Å². The van der Waals surface area contributed by atoms with Gasteiger partial charge in [-0.1, -0.05) is 54.6 Å². The zero-order chi connectivity index (χ0) is 23.2. The van der Waals surface area contributed by atoms with Crippen molar-refractivity contribution in [2.24, 2.45) is 0 Å². The minimum Gasteiger partial charge on any atom is -0.495 e. The number of rotatable bonds is 7. The molecule has 1 aromatic heterocycles. The van der Waals surface area contributed by atoms with Gasteiger partial charge in [0.2, 0.25) is 11.7 Å². The lowest BCUT2D eigenvalue weighted by Gasteiger charge is -2.11. The van der Waals surface area contributed by atoms with Crippen molar-refractivity contribution in [1.82, 2.24) is 20.1 Å². The molecule has 33 heavy (non-hydrogen) atoms. The summed E-state index contributed by atoms with van der Waals surface area (Å²) in [6.07, 6.45) is 0. The summed E-state index contributed by atoms with van der Waals surface area (Å²) in [5.74, 6) is 0.0989. The molecule has 0 radical (unpaired) electrons. The van der Waals surface area contributed by atoms with Crippen LogP contribution in [0.25, 0.3) is 17.1 Å². The Morgan fingerprint density at radius 2 is 1.67 bits per heavy atom. The molecular weight excluding hydrogens is 418 g/mol. The topological polar surface area (TPSA) is 98.1 Å². The SMILES string of the molecule is COc1ccc(C)cc1NC(=O)CNC(=O)c1nc(-c2ccccc2)n(-c2ccccc2)n1. The van der Waals surface area contributed by atoms with Crippen molar-refractivity contribution in [3.05, 3.63) is 90.3 Å². The summed E-state index contributed by atoms with van der Waals surface area (Å²) in [7, 11) is 1.53. The number of aryl methyl sites for hydroxylation is 1. The molecule has 0 spiro atoms. The molecule has 0 atom stereocenters. The van der Waals surface area contributed by atoms with Crippen LogP contribution in [0.15, 0.2) is 78.9 Å². The van der Waals surface area contributed by atoms with Crippen LogP contribution in [-0.2, 0) is 4.79 Å². The van der Waals surface area contributed by atoms with E-state index >= 15 is 0 Å². The van der Waals surface area contributed by atoms with Gasteiger partial charge in [0.25, 0.3) is 5.91 Å². The Kier molecular flexibility index (Phi) is 6.45. The van der Waals surface area contributed by atoms with Gasteiger partial charge in [-0.3, -0.25) is 9.59 Å². The van der Waals surface area contributed by atoms with Gasteiger partial charge in [-0.05, 0) is 36.8 Å². The fraction of sp³-hybridized carbons (Fsp3) is 0.120. The largest absolute Gasteiger partial charge is 0.495 e. The maximum atomic E-state index is 12.8. The molecule has 8 nitrogen and oxygen atoms in total. The van der Waals surface area contributed by atoms with E-state index in [-0.39, 0.29) is 12.4 Å². The second-order valence-electron chi connectivity index (χ2n) is 7.31. The number of methoxy groups -OCH3 is 1. The van der Waals surface area contributed by atoms with Crippen molar-refractivity contribution in [2.75, 3.05) is 19.0 Å². The highest BCUT2D eigenvalue weighted by Crippen LogP contribution is 2.25. The van der Waals surface area contributed by atoms with E-state index in [0.29, 0.717) is 17.3 Å². The van der Waals surface area contributed by atoms with Gasteiger partial charge in [0.15, 0.2) is 5.82 Å². The Hall–Kier alpha value is -4.46. The molecule has 4 aromatic rings. The Balaban J connectivity index is 1.51. The van der Waals surface area contributed by atoms with Crippen LogP contribution >= 0.6 is 0 Å². The molecule has 4 rings (SSSR count). The molecule has 0 saturated heterocycles. The number of anilines is 1. The average molecular weight is 441 g/mol. The third-order valence-corrected chi connectivity index (χ3v) is 4.88. The standard InChI is InChI=1S/C25H23N5O3/c1-17-13-14-21(33-2)20(15-17)27-22(31)16-26-25(32)23-28-24(18-9-5-3-6-10-18)30(29-23)19-11-7-4-8-12-19/h3-15H,16H2,1-2H3,(H,26,32)(H,27,31). The second kappa shape index (κ2) is 9.78. The van der Waals surface area contributed by atoms with Crippen LogP contribution in [0.1, 0.15) is 16.2 Å². The zero-order valence-electron chi connectivity index (χ0n) is 18.3. The van der Waals surface area contributed by atoms with Gasteiger partial charge in [-0.25, -0.2) is 9.67 Å². The fourth-order valence-electron chi connectivity index (χ4n) is 3.29. The quantitative estimate of drug-likeness (QED) is 0.457. The molecule has 2 amide bonds. The van der Waals surface area contributed by atoms with Crippen molar-refractivity contribution >= 4 is 17.5 Å². The molecule has 2 N–H and O–H groups in total. The summed E-state index contributed by atoms with van der Waals surface area (Å²) in [4.78, 5) is 29.6. The molecule has 0 aliphatic rings. The van der Waals surface area contributed by atoms with Gasteiger partial charge in [0, 0.05) is 5.56 Å². The van der Waals surface area contributed by atoms with E-state index in [1.165, 1.54) is 7.11 Å². The van der Waals surface area contributed by atoms with E-state index in [2.05, 4.69) is 20.7 Å². The second-order valence-corrected chi connectivity index (χ2v) is 7.31. The molecule has 0 saturated carbocycles. The molecule has 1 heterocycles. The number of carbonyl (C=O) groups is 2. The first-order chi connectivity index (χ1) is 16.0. The van der Waals surface area contributed by atoms with Crippen LogP contribution in [0.2, 0.25) is 0 Å². The lowest BCUT2D eigenvalue weighted by atomic mass is 10.2. The third-order valence-electron chi connectivity index (χ3n) is 4.88. The Morgan fingerprint density at radius 3 is 2.36 bits per heavy atom. The van der Waals surface area contributed by atoms with Crippen molar-refractivity contribution < 1.29 is 14.3 Å². The molecule has 0 bridgehead atoms. The minimum atomic E-state index is -0.548. The fourth-order valence-corrected chi connectivity index (χ4v) is 3.29. The van der Waals surface area contributed by atoms with E-state index in [1.54, 1.807) is 16.8 Å². The van der Waals surface area contributed by atoms with Crippen LogP contribution in [0.3, 0.4) is 0 Å². The van der Waals surface area contributed by atoms with Gasteiger partial charge in [-0.2, -0.15) is 0 Å². The predicted octanol–water partition coefficient (Wildman–Crippen LogP) is 3.62. The molecule has 0 unspecified atom stereocenters. The van der Waals surface area contributed by atoms with Crippen LogP contribution in [0.5, 0.6) is 5.75 Å². The van der Waals surface area contributed by atoms with Crippen molar-refractivity contribution in [3.63, 3.8) is 0 Å². The maximum Gasteiger partial charge on any atom is 0.291 e. The van der Waals surface area contributed by atoms with Crippen molar-refractivity contribution in [1.29, 1.82) is 0 Å². The summed E-state index contributed by atoms with van der Waals surface area (Å²) >= 11 is 0. The molecule has 8 heteroatoms. The number of hydrogen-bond donors (Lipinski definition) is 2. The van der Waals surface area contributed by atoms with Crippen molar-refractivity contribution in [3.8, 4) is 22.8 Å². The van der Waals surface area contributed by atoms with Crippen LogP contribution in [0, 0.1) is 6.92 Å². The summed E-state index contributed by atoms with van der Waals surface area (Å²) in [5, 5.41) is 9.74. The molecule has 0 aliphatic carbocycles. The number of hydrogen-bond acceptors (Lipinski definition) is 5. The molecule has 3 aromatic carbocycles. The third kappa shape index (κ3) is 5.07. The minimum absolute atomic E-state index is 0.0290. The normalized spacial score (nSPS) is 10.5. The lowest BCUT2D eigenvalue weighted by molar-refractivity contribution is -0.115. The van der Waals surface area contributed by atoms with Gasteiger partial charge >= 0.3 is 0 Å². The number of nitrogens with zero attached hydrogens (tertiary/aromatic N) is 3. The highest BCUT2D eigenvalue weighted by Gasteiger charge is 2.19. The van der Waals surface area contributed by atoms with Gasteiger partial charge < -0.3 is 15.4 Å². The number of nitrogens with one attached hydrogen (secondary N) is 2. The first-order valence-electron chi connectivity index (χ1n) is 10.4. The summed E-state index contributed by atoms with van der Waals surface area (Å²) < 4.78 is 6.88. The number of para-hydroxylation sites is 1. The Bertz CT molecular complexity index is 1210. The lowest BCUT2D eigenvalue weighted by Crippen LogP contribution is -2.33. The summed E-state index contributed by atoms with van der Waals surface area (Å²) in [5.41, 5.74) is 3.10. The average Bonchev–Trinajstić information content (AvgIpc) is 3.29. The molecule has 0 fully saturated rings. The highest BCUT2D eigenvalue weighted by atomic mass is 16.5. The first kappa shape index (κ1) is 21.8. The van der Waals surface area contributed by atoms with E-state index < -0.39 is 11.8 Å². The molecule has 166 valence electrons. The van der Waals surface area contributed by atoms with Crippen LogP contribution in [0.4, 0.5) is 5.69 Å². The number of aromatic nitrogens is 3. The predicted molar refractivity (Wildman–Crippen MR) is 125 cm³/mol. The van der Waals surface area contributed by atoms with E-state index in [9.17, 15) is 9.59 Å². The number of carbonyl (C=O) groups excluding carboxylic acids is 2. The van der Waals surface area contributed by atoms with Gasteiger partial charge in [0.1, 0.15) is 5.75 Å². The van der Waals surface area contributed by atoms with Crippen LogP contribution < -0.4 is 15.4 Å². The highest BCUT2D eigenvalue weighted by molar-refractivity contribution is 5.98. The zero-order valence-corrected chi connectivity index (χ0v) is 18.3. The first-order valence-corrected chi connectivity index (χ1v) is 10.4. The van der Waals surface area contributed by atoms with Gasteiger partial charge in [0.05, 0.1) is 25.0 Å². The van der Waals surface area contributed by atoms with E-state index in [4.69, 9.17) is 4.74 Å². The molecule has 0 aliphatic heterocycles. The molecular formula is C25H23N5O3. The maximum absolute atomic E-state index is 12.8. The Morgan fingerprint density at radius 1 is 0.970 bits per heavy atom. The summed E-state index contributed by atoms with van der Waals surface area (Å²) in [6, 6.07) is 24.4. The van der Waals surface area contributed by atoms with Crippen LogP contribution in [-0.4, -0.2) is 40.2 Å². The summed E-state index contributed by atoms with van der Waals surface area (Å²) in [6.45, 7) is 1.67. The smallest absolute Gasteiger partial charge is 0.291 e. The number of ether oxygens (including phenoxy) is 1. The van der Waals surface area contributed by atoms with Gasteiger partial charge in [-0.15, -0.1) is 5.10 Å². The number of benzene rings is 3. The monoisotopic (exact) mass is 441 g/mol. The van der Waals surface area contributed by atoms with E-state index in [1.807, 2.05) is 73.7 Å².